The molecule has 0 aromatic rings. The molecule has 5 nitrogen and oxygen atoms in total. The van der Waals surface area contributed by atoms with Crippen LogP contribution < -0.4 is 4.72 Å². The van der Waals surface area contributed by atoms with Crippen LogP contribution in [0, 0.1) is 5.41 Å². The van der Waals surface area contributed by atoms with Gasteiger partial charge >= 0.3 is 10.2 Å². The lowest BCUT2D eigenvalue weighted by atomic mass is 9.90. The average Bonchev–Trinajstić information content (AvgIpc) is 1.98. The lowest BCUT2D eigenvalue weighted by molar-refractivity contribution is -0.119. The smallest absolute Gasteiger partial charge is 0.274 e. The zero-order valence-electron chi connectivity index (χ0n) is 9.99. The molecule has 0 aliphatic rings. The Morgan fingerprint density at radius 3 is 2.07 bits per heavy atom. The first-order valence-electron chi connectivity index (χ1n) is 4.78. The van der Waals surface area contributed by atoms with E-state index in [1.165, 1.54) is 14.1 Å². The van der Waals surface area contributed by atoms with Crippen molar-refractivity contribution in [2.24, 2.45) is 5.41 Å². The Bertz CT molecular complexity index is 315. The second-order valence-corrected chi connectivity index (χ2v) is 6.76. The van der Waals surface area contributed by atoms with Crippen LogP contribution in [0.1, 0.15) is 33.6 Å². The fraction of sp³-hybridized carbons (Fsp3) is 0.889. The van der Waals surface area contributed by atoms with Crippen LogP contribution in [0.25, 0.3) is 0 Å². The van der Waals surface area contributed by atoms with Crippen molar-refractivity contribution in [1.29, 1.82) is 0 Å². The monoisotopic (exact) mass is 236 g/mol. The minimum atomic E-state index is -3.63. The molecule has 0 aromatic heterocycles. The number of hydrogen-bond acceptors (Lipinski definition) is 3. The molecule has 0 aliphatic carbocycles. The van der Waals surface area contributed by atoms with Crippen LogP contribution in [0.5, 0.6) is 0 Å². The van der Waals surface area contributed by atoms with Gasteiger partial charge in [0.2, 0.25) is 5.91 Å². The molecule has 0 aromatic carbocycles. The van der Waals surface area contributed by atoms with Gasteiger partial charge in [-0.25, -0.2) is 4.72 Å². The molecular weight excluding hydrogens is 216 g/mol. The van der Waals surface area contributed by atoms with Crippen LogP contribution in [-0.4, -0.2) is 32.7 Å². The van der Waals surface area contributed by atoms with E-state index in [9.17, 15) is 13.2 Å². The van der Waals surface area contributed by atoms with Crippen molar-refractivity contribution in [2.45, 2.75) is 33.6 Å². The Kier molecular flexibility index (Phi) is 4.73. The van der Waals surface area contributed by atoms with Gasteiger partial charge in [-0.3, -0.25) is 4.79 Å². The molecule has 0 rings (SSSR count). The van der Waals surface area contributed by atoms with Gasteiger partial charge in [0, 0.05) is 20.5 Å². The highest BCUT2D eigenvalue weighted by Gasteiger charge is 2.18. The molecule has 15 heavy (non-hydrogen) atoms. The number of rotatable bonds is 4. The zero-order valence-corrected chi connectivity index (χ0v) is 10.8. The van der Waals surface area contributed by atoms with Crippen LogP contribution >= 0.6 is 0 Å². The molecule has 0 saturated heterocycles. The van der Waals surface area contributed by atoms with E-state index in [1.54, 1.807) is 0 Å². The predicted molar refractivity (Wildman–Crippen MR) is 59.4 cm³/mol. The quantitative estimate of drug-likeness (QED) is 0.782. The normalized spacial score (nSPS) is 12.9. The van der Waals surface area contributed by atoms with E-state index in [4.69, 9.17) is 0 Å². The third-order valence-electron chi connectivity index (χ3n) is 1.83. The van der Waals surface area contributed by atoms with Crippen LogP contribution in [0.15, 0.2) is 0 Å². The van der Waals surface area contributed by atoms with E-state index in [2.05, 4.69) is 0 Å². The third-order valence-corrected chi connectivity index (χ3v) is 3.27. The fourth-order valence-electron chi connectivity index (χ4n) is 0.775. The zero-order chi connectivity index (χ0) is 12.3. The molecule has 90 valence electrons. The van der Waals surface area contributed by atoms with Gasteiger partial charge in [0.25, 0.3) is 0 Å². The largest absolute Gasteiger partial charge is 0.303 e. The maximum absolute atomic E-state index is 11.3. The van der Waals surface area contributed by atoms with Crippen LogP contribution in [0.4, 0.5) is 0 Å². The second-order valence-electron chi connectivity index (χ2n) is 4.87. The minimum Gasteiger partial charge on any atom is -0.274 e. The summed E-state index contributed by atoms with van der Waals surface area (Å²) in [4.78, 5) is 11.3. The average molecular weight is 236 g/mol. The summed E-state index contributed by atoms with van der Waals surface area (Å²) in [6.45, 7) is 6.00. The van der Waals surface area contributed by atoms with E-state index < -0.39 is 16.1 Å². The first kappa shape index (κ1) is 14.4. The summed E-state index contributed by atoms with van der Waals surface area (Å²) in [6.07, 6.45) is 0.873. The molecule has 0 aliphatic heterocycles. The summed E-state index contributed by atoms with van der Waals surface area (Å²) < 4.78 is 25.5. The molecule has 0 unspecified atom stereocenters. The number of nitrogens with one attached hydrogen (secondary N) is 1. The van der Waals surface area contributed by atoms with Gasteiger partial charge in [-0.2, -0.15) is 12.7 Å². The molecule has 0 saturated carbocycles. The summed E-state index contributed by atoms with van der Waals surface area (Å²) >= 11 is 0. The van der Waals surface area contributed by atoms with E-state index >= 15 is 0 Å². The van der Waals surface area contributed by atoms with Crippen molar-refractivity contribution in [3.05, 3.63) is 0 Å². The van der Waals surface area contributed by atoms with E-state index in [0.717, 1.165) is 4.31 Å². The molecule has 0 atom stereocenters. The van der Waals surface area contributed by atoms with Crippen molar-refractivity contribution >= 4 is 16.1 Å². The van der Waals surface area contributed by atoms with Gasteiger partial charge in [-0.15, -0.1) is 0 Å². The van der Waals surface area contributed by atoms with Gasteiger partial charge in [-0.05, 0) is 11.8 Å². The van der Waals surface area contributed by atoms with Crippen molar-refractivity contribution < 1.29 is 13.2 Å². The lowest BCUT2D eigenvalue weighted by Gasteiger charge is -2.18. The summed E-state index contributed by atoms with van der Waals surface area (Å²) in [6, 6.07) is 0. The summed E-state index contributed by atoms with van der Waals surface area (Å²) in [5.74, 6) is -0.460. The highest BCUT2D eigenvalue weighted by atomic mass is 32.2. The lowest BCUT2D eigenvalue weighted by Crippen LogP contribution is -2.39. The molecule has 0 radical (unpaired) electrons. The Balaban J connectivity index is 4.18. The van der Waals surface area contributed by atoms with Gasteiger partial charge in [-0.1, -0.05) is 20.8 Å². The second kappa shape index (κ2) is 4.94. The Morgan fingerprint density at radius 1 is 1.27 bits per heavy atom. The highest BCUT2D eigenvalue weighted by Crippen LogP contribution is 2.20. The number of amides is 1. The molecule has 0 spiro atoms. The third kappa shape index (κ3) is 6.46. The number of nitrogens with zero attached hydrogens (tertiary/aromatic N) is 1. The van der Waals surface area contributed by atoms with Gasteiger partial charge < -0.3 is 0 Å². The van der Waals surface area contributed by atoms with Crippen molar-refractivity contribution in [1.82, 2.24) is 9.03 Å². The molecule has 0 fully saturated rings. The number of carbonyl (C=O) groups excluding carboxylic acids is 1. The molecule has 6 heteroatoms. The Hall–Kier alpha value is -0.620. The topological polar surface area (TPSA) is 66.5 Å². The van der Waals surface area contributed by atoms with Crippen molar-refractivity contribution in [3.63, 3.8) is 0 Å². The Morgan fingerprint density at radius 2 is 1.73 bits per heavy atom. The van der Waals surface area contributed by atoms with E-state index in [-0.39, 0.29) is 11.8 Å². The summed E-state index contributed by atoms with van der Waals surface area (Å²) in [5.41, 5.74) is 0.0270. The van der Waals surface area contributed by atoms with Gasteiger partial charge in [0.05, 0.1) is 0 Å². The summed E-state index contributed by atoms with van der Waals surface area (Å²) in [7, 11) is -0.883. The molecule has 0 heterocycles. The first-order chi connectivity index (χ1) is 6.54. The van der Waals surface area contributed by atoms with Crippen molar-refractivity contribution in [3.8, 4) is 0 Å². The highest BCUT2D eigenvalue weighted by molar-refractivity contribution is 7.87. The van der Waals surface area contributed by atoms with Crippen LogP contribution in [-0.2, 0) is 15.0 Å². The molecule has 1 N–H and O–H groups in total. The first-order valence-corrected chi connectivity index (χ1v) is 6.22. The van der Waals surface area contributed by atoms with Crippen molar-refractivity contribution in [2.75, 3.05) is 14.1 Å². The maximum atomic E-state index is 11.3. The molecule has 0 bridgehead atoms. The number of carbonyl (C=O) groups is 1. The van der Waals surface area contributed by atoms with E-state index in [1.807, 2.05) is 25.5 Å². The van der Waals surface area contributed by atoms with E-state index in [0.29, 0.717) is 6.42 Å². The van der Waals surface area contributed by atoms with Crippen LogP contribution in [0.2, 0.25) is 0 Å². The predicted octanol–water partition coefficient (Wildman–Crippen LogP) is 0.735. The minimum absolute atomic E-state index is 0.0270. The molecule has 1 amide bonds. The standard InChI is InChI=1S/C9H20N2O3S/c1-9(2,3)7-6-8(12)10-15(13,14)11(4)5/h6-7H2,1-5H3,(H,10,12). The number of hydrogen-bond donors (Lipinski definition) is 1. The summed E-state index contributed by atoms with van der Waals surface area (Å²) in [5, 5.41) is 0. The Labute approximate surface area is 92.0 Å². The van der Waals surface area contributed by atoms with Gasteiger partial charge in [0.15, 0.2) is 0 Å². The maximum Gasteiger partial charge on any atom is 0.303 e. The SMILES string of the molecule is CN(C)S(=O)(=O)NC(=O)CCC(C)(C)C. The fourth-order valence-corrected chi connectivity index (χ4v) is 1.35. The van der Waals surface area contributed by atoms with Crippen LogP contribution in [0.3, 0.4) is 0 Å². The van der Waals surface area contributed by atoms with Gasteiger partial charge in [0.1, 0.15) is 0 Å². The molecular formula is C9H20N2O3S.